The Labute approximate surface area is 283 Å². The largest absolute Gasteiger partial charge is 1.00 e. The first-order chi connectivity index (χ1) is 19.7. The molecule has 3 heterocycles. The number of fused-ring (bicyclic) bond motifs is 4. The molecule has 0 saturated heterocycles. The van der Waals surface area contributed by atoms with Crippen LogP contribution in [0.5, 0.6) is 5.75 Å². The van der Waals surface area contributed by atoms with Crippen LogP contribution in [0.3, 0.4) is 0 Å². The summed E-state index contributed by atoms with van der Waals surface area (Å²) in [5, 5.41) is 24.9. The topological polar surface area (TPSA) is 126 Å². The molecule has 1 atom stereocenters. The molecular weight excluding hydrogens is 652 g/mol. The van der Waals surface area contributed by atoms with E-state index in [1.807, 2.05) is 19.1 Å². The summed E-state index contributed by atoms with van der Waals surface area (Å²) in [6.45, 7) is 8.57. The van der Waals surface area contributed by atoms with Gasteiger partial charge in [-0.25, -0.2) is 4.98 Å². The number of allylic oxidation sites excluding steroid dienone is 2. The summed E-state index contributed by atoms with van der Waals surface area (Å²) in [6, 6.07) is 1.85. The Morgan fingerprint density at radius 3 is 2.74 bits per heavy atom. The molecule has 0 aliphatic carbocycles. The van der Waals surface area contributed by atoms with Crippen molar-refractivity contribution in [1.29, 1.82) is 5.41 Å². The average Bonchev–Trinajstić information content (AvgIpc) is 2.91. The minimum atomic E-state index is -0.208. The predicted molar refractivity (Wildman–Crippen MR) is 181 cm³/mol. The fraction of sp³-hybridized carbons (Fsp3) is 0.516. The van der Waals surface area contributed by atoms with Crippen molar-refractivity contribution >= 4 is 49.8 Å². The molecule has 0 amide bonds. The molecule has 232 valence electrons. The molecule has 0 unspecified atom stereocenters. The van der Waals surface area contributed by atoms with Gasteiger partial charge in [0.15, 0.2) is 0 Å². The molecule has 2 aliphatic heterocycles. The van der Waals surface area contributed by atoms with Crippen LogP contribution in [0.4, 0.5) is 5.82 Å². The summed E-state index contributed by atoms with van der Waals surface area (Å²) in [5.41, 5.74) is 1.75. The number of anilines is 1. The van der Waals surface area contributed by atoms with Gasteiger partial charge in [0.1, 0.15) is 21.0 Å². The number of hydrogen-bond acceptors (Lipinski definition) is 9. The Kier molecular flexibility index (Phi) is 17.9. The first-order valence-electron chi connectivity index (χ1n) is 14.1. The average molecular weight is 698 g/mol. The molecule has 0 fully saturated rings. The monoisotopic (exact) mass is 697 g/mol. The van der Waals surface area contributed by atoms with Gasteiger partial charge in [-0.1, -0.05) is 20.3 Å². The van der Waals surface area contributed by atoms with Crippen LogP contribution in [0.15, 0.2) is 40.5 Å². The van der Waals surface area contributed by atoms with E-state index in [0.29, 0.717) is 70.2 Å². The predicted octanol–water partition coefficient (Wildman–Crippen LogP) is 3.22. The molecule has 2 aliphatic rings. The number of aliphatic imine (C=N–C) groups is 1. The third kappa shape index (κ3) is 12.7. The van der Waals surface area contributed by atoms with Crippen molar-refractivity contribution in [2.45, 2.75) is 59.0 Å². The number of unbranched alkanes of at least 4 members (excludes halogenated alkanes) is 2. The van der Waals surface area contributed by atoms with Crippen molar-refractivity contribution in [3.05, 3.63) is 60.2 Å². The second kappa shape index (κ2) is 19.8. The van der Waals surface area contributed by atoms with E-state index in [1.165, 1.54) is 0 Å². The molecule has 3 rings (SSSR count). The van der Waals surface area contributed by atoms with Crippen LogP contribution in [-0.2, 0) is 9.47 Å². The van der Waals surface area contributed by atoms with Gasteiger partial charge in [-0.05, 0) is 75.0 Å². The maximum absolute atomic E-state index is 9.68. The number of rotatable bonds is 12. The Hall–Kier alpha value is -2.33. The van der Waals surface area contributed by atoms with Crippen LogP contribution < -0.4 is 34.2 Å². The Bertz CT molecular complexity index is 1200. The molecule has 0 aromatic carbocycles. The third-order valence-corrected chi connectivity index (χ3v) is 6.85. The zero-order valence-electron chi connectivity index (χ0n) is 26.7. The van der Waals surface area contributed by atoms with E-state index in [-0.39, 0.29) is 32.4 Å². The molecule has 4 bridgehead atoms. The van der Waals surface area contributed by atoms with Gasteiger partial charge in [0, 0.05) is 49.3 Å². The van der Waals surface area contributed by atoms with E-state index in [1.54, 1.807) is 6.20 Å². The molecule has 0 saturated carbocycles. The number of aromatic nitrogens is 1. The van der Waals surface area contributed by atoms with Gasteiger partial charge in [-0.3, -0.25) is 5.41 Å². The van der Waals surface area contributed by atoms with Crippen LogP contribution in [-0.4, -0.2) is 72.2 Å². The Morgan fingerprint density at radius 1 is 1.30 bits per heavy atom. The Balaban J connectivity index is 0.00000462. The van der Waals surface area contributed by atoms with E-state index in [9.17, 15) is 5.41 Å². The van der Waals surface area contributed by atoms with E-state index in [4.69, 9.17) is 19.6 Å². The second-order valence-corrected chi connectivity index (χ2v) is 11.8. The fourth-order valence-electron chi connectivity index (χ4n) is 4.19. The van der Waals surface area contributed by atoms with Crippen molar-refractivity contribution in [2.24, 2.45) is 10.9 Å². The molecular formula is C31H45ILiN7O3-2. The smallest absolute Gasteiger partial charge is 0.878 e. The summed E-state index contributed by atoms with van der Waals surface area (Å²) in [5.74, 6) is 3.42. The Morgan fingerprint density at radius 2 is 2.07 bits per heavy atom. The van der Waals surface area contributed by atoms with Crippen LogP contribution in [0.1, 0.15) is 58.4 Å². The molecule has 0 radical (unpaired) electrons. The van der Waals surface area contributed by atoms with Crippen molar-refractivity contribution in [1.82, 2.24) is 15.2 Å². The summed E-state index contributed by atoms with van der Waals surface area (Å²) >= 11 is 2.05. The maximum Gasteiger partial charge on any atom is 1.00 e. The number of hydrogen-bond donors (Lipinski definition) is 3. The summed E-state index contributed by atoms with van der Waals surface area (Å²) < 4.78 is 18.8. The van der Waals surface area contributed by atoms with E-state index in [0.717, 1.165) is 49.8 Å². The quantitative estimate of drug-likeness (QED) is 0.0766. The molecule has 43 heavy (non-hydrogen) atoms. The van der Waals surface area contributed by atoms with Crippen molar-refractivity contribution in [3.8, 4) is 5.75 Å². The van der Waals surface area contributed by atoms with Gasteiger partial charge in [0.05, 0.1) is 30.7 Å². The van der Waals surface area contributed by atoms with Crippen LogP contribution in [0, 0.1) is 25.0 Å². The first kappa shape index (κ1) is 38.7. The van der Waals surface area contributed by atoms with Crippen molar-refractivity contribution < 1.29 is 33.1 Å². The van der Waals surface area contributed by atoms with Gasteiger partial charge < -0.3 is 53.8 Å². The van der Waals surface area contributed by atoms with E-state index >= 15 is 0 Å². The van der Waals surface area contributed by atoms with Crippen LogP contribution >= 0.6 is 22.6 Å². The zero-order chi connectivity index (χ0) is 29.8. The molecule has 1 aromatic heterocycles. The second-order valence-electron chi connectivity index (χ2n) is 10.8. The van der Waals surface area contributed by atoms with Gasteiger partial charge in [0.2, 0.25) is 0 Å². The minimum Gasteiger partial charge on any atom is -0.878 e. The standard InChI is InChI=1S/C30H42IN7O3.CH3.Li/c1-20(2)18-40-24(9-7-6-8-13-38(4)5)28(29(31)33)23-17-35-27-15-25(23)41-21(3)11-14-39-19-22(16-32)30-34-12-10-26(36-27)37-30;;/h10,15-17,20-21,33H,6-9,11-14,18H2,1-5H3,(H,34,37)(H,35,36);1H3;/q-2;-1;+1/b28-24+,33-29?;;/t21-;;/m0../s1. The zero-order valence-corrected chi connectivity index (χ0v) is 28.9. The number of nitrogens with one attached hydrogen (secondary N) is 3. The maximum atomic E-state index is 9.68. The SMILES string of the molecule is CC(C)CO/C(CCCCCN(C)C)=C(/C(=N)I)c1cnc2cc1O[C@@H](C)CCO[C-]=C(C=[N-])C1=NCC=C(N1)N2.[CH3-].[Li+]. The number of amidine groups is 1. The van der Waals surface area contributed by atoms with Crippen LogP contribution in [0.25, 0.3) is 11.0 Å². The number of nitrogens with zero attached hydrogens (tertiary/aromatic N) is 4. The van der Waals surface area contributed by atoms with Crippen LogP contribution in [0.2, 0.25) is 0 Å². The fourth-order valence-corrected chi connectivity index (χ4v) is 4.78. The molecule has 10 nitrogen and oxygen atoms in total. The van der Waals surface area contributed by atoms with Crippen molar-refractivity contribution in [2.75, 3.05) is 45.7 Å². The van der Waals surface area contributed by atoms with Crippen molar-refractivity contribution in [3.63, 3.8) is 0 Å². The summed E-state index contributed by atoms with van der Waals surface area (Å²) in [7, 11) is 4.18. The first-order valence-corrected chi connectivity index (χ1v) is 15.2. The number of ether oxygens (including phenoxy) is 3. The molecule has 12 heteroatoms. The molecule has 3 N–H and O–H groups in total. The van der Waals surface area contributed by atoms with Gasteiger partial charge in [-0.15, -0.1) is 5.57 Å². The number of halogens is 1. The van der Waals surface area contributed by atoms with Gasteiger partial charge >= 0.3 is 18.9 Å². The van der Waals surface area contributed by atoms with E-state index in [2.05, 4.69) is 82.3 Å². The van der Waals surface area contributed by atoms with Gasteiger partial charge in [-0.2, -0.15) is 0 Å². The van der Waals surface area contributed by atoms with Gasteiger partial charge in [0.25, 0.3) is 0 Å². The third-order valence-electron chi connectivity index (χ3n) is 6.32. The van der Waals surface area contributed by atoms with E-state index < -0.39 is 0 Å². The molecule has 0 spiro atoms. The number of pyridine rings is 1. The summed E-state index contributed by atoms with van der Waals surface area (Å²) in [4.78, 5) is 11.3. The molecule has 1 aromatic rings. The normalized spacial score (nSPS) is 17.0. The minimum absolute atomic E-state index is 0. The summed E-state index contributed by atoms with van der Waals surface area (Å²) in [6.07, 6.45) is 11.5.